The molecule has 14 heavy (non-hydrogen) atoms. The molecular weight excluding hydrogens is 178 g/mol. The van der Waals surface area contributed by atoms with E-state index in [-0.39, 0.29) is 0 Å². The highest BCUT2D eigenvalue weighted by Crippen LogP contribution is 2.20. The number of aryl methyl sites for hydroxylation is 3. The molecular formula is C11H15NO2. The predicted octanol–water partition coefficient (Wildman–Crippen LogP) is -0.355. The third-order valence-electron chi connectivity index (χ3n) is 2.37. The van der Waals surface area contributed by atoms with Gasteiger partial charge in [0.05, 0.1) is 0 Å². The summed E-state index contributed by atoms with van der Waals surface area (Å²) in [6.45, 7) is 5.79. The van der Waals surface area contributed by atoms with Gasteiger partial charge in [0.15, 0.2) is 6.04 Å². The molecule has 3 nitrogen and oxygen atoms in total. The van der Waals surface area contributed by atoms with Gasteiger partial charge in [-0.3, -0.25) is 0 Å². The first kappa shape index (κ1) is 10.7. The molecule has 1 aromatic rings. The summed E-state index contributed by atoms with van der Waals surface area (Å²) in [6.07, 6.45) is 0. The molecule has 0 aliphatic carbocycles. The Bertz CT molecular complexity index is 349. The lowest BCUT2D eigenvalue weighted by atomic mass is 9.94. The molecule has 1 rings (SSSR count). The van der Waals surface area contributed by atoms with E-state index in [2.05, 4.69) is 5.73 Å². The van der Waals surface area contributed by atoms with E-state index in [1.165, 1.54) is 0 Å². The molecule has 3 N–H and O–H groups in total. The lowest BCUT2D eigenvalue weighted by Crippen LogP contribution is -2.61. The van der Waals surface area contributed by atoms with Crippen molar-refractivity contribution >= 4 is 5.97 Å². The number of rotatable bonds is 2. The normalized spacial score (nSPS) is 12.6. The lowest BCUT2D eigenvalue weighted by Gasteiger charge is -2.16. The van der Waals surface area contributed by atoms with E-state index in [1.54, 1.807) is 0 Å². The molecule has 0 radical (unpaired) electrons. The van der Waals surface area contributed by atoms with Crippen LogP contribution < -0.4 is 10.8 Å². The summed E-state index contributed by atoms with van der Waals surface area (Å²) in [5.41, 5.74) is 7.43. The molecule has 0 unspecified atom stereocenters. The maximum Gasteiger partial charge on any atom is 0.151 e. The average Bonchev–Trinajstić information content (AvgIpc) is 2.01. The minimum atomic E-state index is -1.12. The summed E-state index contributed by atoms with van der Waals surface area (Å²) >= 11 is 0. The number of carbonyl (C=O) groups excluding carboxylic acids is 1. The maximum absolute atomic E-state index is 10.7. The van der Waals surface area contributed by atoms with Gasteiger partial charge < -0.3 is 15.6 Å². The quantitative estimate of drug-likeness (QED) is 0.697. The van der Waals surface area contributed by atoms with Crippen molar-refractivity contribution in [2.45, 2.75) is 26.8 Å². The van der Waals surface area contributed by atoms with Crippen LogP contribution in [0.4, 0.5) is 0 Å². The van der Waals surface area contributed by atoms with Crippen LogP contribution >= 0.6 is 0 Å². The van der Waals surface area contributed by atoms with E-state index < -0.39 is 12.0 Å². The van der Waals surface area contributed by atoms with Gasteiger partial charge in [-0.15, -0.1) is 0 Å². The van der Waals surface area contributed by atoms with Crippen molar-refractivity contribution in [2.75, 3.05) is 0 Å². The Hall–Kier alpha value is -1.35. The summed E-state index contributed by atoms with van der Waals surface area (Å²) < 4.78 is 0. The largest absolute Gasteiger partial charge is 0.544 e. The monoisotopic (exact) mass is 193 g/mol. The van der Waals surface area contributed by atoms with Crippen LogP contribution in [0.2, 0.25) is 0 Å². The zero-order chi connectivity index (χ0) is 10.9. The van der Waals surface area contributed by atoms with E-state index in [0.717, 1.165) is 22.3 Å². The summed E-state index contributed by atoms with van der Waals surface area (Å²) in [4.78, 5) is 10.7. The van der Waals surface area contributed by atoms with Gasteiger partial charge in [-0.25, -0.2) is 0 Å². The van der Waals surface area contributed by atoms with Crippen LogP contribution in [-0.4, -0.2) is 5.97 Å². The van der Waals surface area contributed by atoms with Crippen LogP contribution in [0.1, 0.15) is 28.3 Å². The summed E-state index contributed by atoms with van der Waals surface area (Å²) in [7, 11) is 0. The van der Waals surface area contributed by atoms with Gasteiger partial charge in [-0.05, 0) is 31.9 Å². The molecule has 0 amide bonds. The Morgan fingerprint density at radius 2 is 1.71 bits per heavy atom. The summed E-state index contributed by atoms with van der Waals surface area (Å²) in [5.74, 6) is -1.12. The zero-order valence-corrected chi connectivity index (χ0v) is 8.76. The van der Waals surface area contributed by atoms with Gasteiger partial charge in [0.1, 0.15) is 5.97 Å². The topological polar surface area (TPSA) is 67.8 Å². The zero-order valence-electron chi connectivity index (χ0n) is 8.76. The smallest absolute Gasteiger partial charge is 0.151 e. The Kier molecular flexibility index (Phi) is 2.91. The Morgan fingerprint density at radius 3 is 2.07 bits per heavy atom. The van der Waals surface area contributed by atoms with Crippen LogP contribution in [0, 0.1) is 20.8 Å². The fourth-order valence-electron chi connectivity index (χ4n) is 1.86. The first-order valence-corrected chi connectivity index (χ1v) is 4.55. The molecule has 76 valence electrons. The van der Waals surface area contributed by atoms with Crippen LogP contribution in [0.3, 0.4) is 0 Å². The number of carboxylic acid groups (broad SMARTS) is 1. The van der Waals surface area contributed by atoms with Gasteiger partial charge in [-0.2, -0.15) is 0 Å². The highest BCUT2D eigenvalue weighted by molar-refractivity contribution is 5.72. The van der Waals surface area contributed by atoms with Crippen LogP contribution in [0.5, 0.6) is 0 Å². The van der Waals surface area contributed by atoms with E-state index in [1.807, 2.05) is 32.9 Å². The van der Waals surface area contributed by atoms with Crippen LogP contribution in [0.25, 0.3) is 0 Å². The number of benzene rings is 1. The molecule has 0 saturated carbocycles. The second-order valence-electron chi connectivity index (χ2n) is 3.68. The third-order valence-corrected chi connectivity index (χ3v) is 2.37. The van der Waals surface area contributed by atoms with E-state index >= 15 is 0 Å². The highest BCUT2D eigenvalue weighted by Gasteiger charge is 2.16. The number of carbonyl (C=O) groups is 1. The fourth-order valence-corrected chi connectivity index (χ4v) is 1.86. The van der Waals surface area contributed by atoms with Crippen molar-refractivity contribution in [1.82, 2.24) is 0 Å². The van der Waals surface area contributed by atoms with Crippen LogP contribution in [-0.2, 0) is 4.79 Å². The number of hydrogen-bond donors (Lipinski definition) is 1. The van der Waals surface area contributed by atoms with E-state index in [4.69, 9.17) is 0 Å². The highest BCUT2D eigenvalue weighted by atomic mass is 16.4. The Labute approximate surface area is 83.6 Å². The van der Waals surface area contributed by atoms with E-state index in [9.17, 15) is 9.90 Å². The van der Waals surface area contributed by atoms with Gasteiger partial charge >= 0.3 is 0 Å². The minimum absolute atomic E-state index is 0.774. The molecule has 3 heteroatoms. The number of carboxylic acids is 1. The molecule has 0 bridgehead atoms. The molecule has 0 aliphatic heterocycles. The Balaban J connectivity index is 3.27. The molecule has 0 spiro atoms. The molecule has 1 atom stereocenters. The number of aliphatic carboxylic acids is 1. The van der Waals surface area contributed by atoms with Crippen LogP contribution in [0.15, 0.2) is 12.1 Å². The summed E-state index contributed by atoms with van der Waals surface area (Å²) in [6, 6.07) is 3.14. The molecule has 1 aromatic carbocycles. The second kappa shape index (κ2) is 3.80. The molecule has 0 fully saturated rings. The number of hydrogen-bond acceptors (Lipinski definition) is 2. The first-order valence-electron chi connectivity index (χ1n) is 4.55. The van der Waals surface area contributed by atoms with Gasteiger partial charge in [0, 0.05) is 5.56 Å². The van der Waals surface area contributed by atoms with Crippen molar-refractivity contribution in [2.24, 2.45) is 0 Å². The van der Waals surface area contributed by atoms with Crippen molar-refractivity contribution in [1.29, 1.82) is 0 Å². The van der Waals surface area contributed by atoms with Crippen molar-refractivity contribution < 1.29 is 15.6 Å². The van der Waals surface area contributed by atoms with Crippen molar-refractivity contribution in [3.63, 3.8) is 0 Å². The lowest BCUT2D eigenvalue weighted by molar-refractivity contribution is -0.443. The van der Waals surface area contributed by atoms with Gasteiger partial charge in [-0.1, -0.05) is 17.7 Å². The number of quaternary nitrogens is 1. The van der Waals surface area contributed by atoms with Gasteiger partial charge in [0.2, 0.25) is 0 Å². The van der Waals surface area contributed by atoms with Crippen molar-refractivity contribution in [3.8, 4) is 0 Å². The molecule has 0 aromatic heterocycles. The second-order valence-corrected chi connectivity index (χ2v) is 3.68. The molecule has 0 aliphatic rings. The minimum Gasteiger partial charge on any atom is -0.544 e. The van der Waals surface area contributed by atoms with Gasteiger partial charge in [0.25, 0.3) is 0 Å². The SMILES string of the molecule is Cc1cc(C)c([C@H]([NH3+])C(=O)[O-])c(C)c1. The average molecular weight is 193 g/mol. The van der Waals surface area contributed by atoms with E-state index in [0.29, 0.717) is 0 Å². The molecule has 0 heterocycles. The third kappa shape index (κ3) is 1.93. The standard InChI is InChI=1S/C11H15NO2/c1-6-4-7(2)9(8(3)5-6)10(12)11(13)14/h4-5,10H,12H2,1-3H3,(H,13,14)/t10-/m0/s1. The predicted molar refractivity (Wildman–Crippen MR) is 51.3 cm³/mol. The summed E-state index contributed by atoms with van der Waals surface area (Å²) in [5, 5.41) is 10.7. The van der Waals surface area contributed by atoms with Crippen molar-refractivity contribution in [3.05, 3.63) is 34.4 Å². The maximum atomic E-state index is 10.7. The Morgan fingerprint density at radius 1 is 1.29 bits per heavy atom. The first-order chi connectivity index (χ1) is 6.43. The molecule has 0 saturated heterocycles. The fraction of sp³-hybridized carbons (Fsp3) is 0.364.